The van der Waals surface area contributed by atoms with Crippen molar-refractivity contribution in [2.45, 2.75) is 17.9 Å². The first kappa shape index (κ1) is 22.5. The number of aromatic nitrogens is 3. The molecule has 0 aliphatic carbocycles. The lowest BCUT2D eigenvalue weighted by Crippen LogP contribution is -2.17. The molecule has 164 valence electrons. The van der Waals surface area contributed by atoms with Gasteiger partial charge in [-0.3, -0.25) is 9.71 Å². The third-order valence-corrected chi connectivity index (χ3v) is 7.03. The molecule has 4 rings (SSSR count). The highest BCUT2D eigenvalue weighted by molar-refractivity contribution is 7.92. The molecule has 0 fully saturated rings. The number of halogens is 3. The van der Waals surface area contributed by atoms with Gasteiger partial charge < -0.3 is 4.74 Å². The SMILES string of the molecule is CC(Oc1nc2cc(Cl)c(Cl)cc2nc1NS(=O)(=O)c1ccccc1Cl)c1cccnc1. The fourth-order valence-corrected chi connectivity index (χ4v) is 4.72. The Morgan fingerprint density at radius 2 is 1.62 bits per heavy atom. The molecule has 2 heterocycles. The minimum atomic E-state index is -4.09. The van der Waals surface area contributed by atoms with Gasteiger partial charge in [0.2, 0.25) is 5.82 Å². The van der Waals surface area contributed by atoms with E-state index in [0.29, 0.717) is 11.0 Å². The molecule has 7 nitrogen and oxygen atoms in total. The predicted molar refractivity (Wildman–Crippen MR) is 125 cm³/mol. The summed E-state index contributed by atoms with van der Waals surface area (Å²) in [7, 11) is -4.09. The van der Waals surface area contributed by atoms with E-state index in [-0.39, 0.29) is 31.7 Å². The molecule has 0 saturated heterocycles. The normalized spacial score (nSPS) is 12.5. The maximum atomic E-state index is 13.0. The number of hydrogen-bond acceptors (Lipinski definition) is 6. The van der Waals surface area contributed by atoms with E-state index in [1.807, 2.05) is 6.07 Å². The molecule has 11 heteroatoms. The van der Waals surface area contributed by atoms with Crippen LogP contribution in [0.1, 0.15) is 18.6 Å². The van der Waals surface area contributed by atoms with Crippen molar-refractivity contribution < 1.29 is 13.2 Å². The van der Waals surface area contributed by atoms with Gasteiger partial charge in [0.15, 0.2) is 0 Å². The van der Waals surface area contributed by atoms with Crippen LogP contribution in [0.25, 0.3) is 11.0 Å². The Bertz CT molecular complexity index is 1400. The van der Waals surface area contributed by atoms with Crippen LogP contribution in [0.15, 0.2) is 65.8 Å². The molecule has 1 atom stereocenters. The van der Waals surface area contributed by atoms with Crippen LogP contribution < -0.4 is 9.46 Å². The first-order chi connectivity index (χ1) is 15.2. The van der Waals surface area contributed by atoms with Gasteiger partial charge in [0, 0.05) is 18.0 Å². The lowest BCUT2D eigenvalue weighted by atomic mass is 10.2. The molecule has 0 amide bonds. The summed E-state index contributed by atoms with van der Waals surface area (Å²) in [6, 6.07) is 12.7. The number of nitrogens with one attached hydrogen (secondary N) is 1. The molecule has 0 spiro atoms. The van der Waals surface area contributed by atoms with Crippen molar-refractivity contribution in [1.29, 1.82) is 0 Å². The quantitative estimate of drug-likeness (QED) is 0.346. The second kappa shape index (κ2) is 9.07. The van der Waals surface area contributed by atoms with Crippen LogP contribution in [0, 0.1) is 0 Å². The molecule has 2 aromatic heterocycles. The number of benzene rings is 2. The van der Waals surface area contributed by atoms with Crippen molar-refractivity contribution >= 4 is 61.7 Å². The third kappa shape index (κ3) is 4.73. The van der Waals surface area contributed by atoms with Crippen LogP contribution in [-0.4, -0.2) is 23.4 Å². The first-order valence-electron chi connectivity index (χ1n) is 9.25. The van der Waals surface area contributed by atoms with Gasteiger partial charge in [0.1, 0.15) is 11.0 Å². The fourth-order valence-electron chi connectivity index (χ4n) is 2.88. The molecule has 0 bridgehead atoms. The number of hydrogen-bond donors (Lipinski definition) is 1. The van der Waals surface area contributed by atoms with Crippen LogP contribution in [0.4, 0.5) is 5.82 Å². The Labute approximate surface area is 199 Å². The van der Waals surface area contributed by atoms with Crippen LogP contribution >= 0.6 is 34.8 Å². The largest absolute Gasteiger partial charge is 0.467 e. The maximum Gasteiger partial charge on any atom is 0.264 e. The number of pyridine rings is 1. The molecule has 0 aliphatic heterocycles. The Morgan fingerprint density at radius 1 is 0.938 bits per heavy atom. The number of sulfonamides is 1. The van der Waals surface area contributed by atoms with E-state index in [1.54, 1.807) is 37.5 Å². The average Bonchev–Trinajstić information content (AvgIpc) is 2.76. The van der Waals surface area contributed by atoms with Gasteiger partial charge in [-0.1, -0.05) is 53.0 Å². The molecule has 0 saturated carbocycles. The van der Waals surface area contributed by atoms with Crippen LogP contribution in [-0.2, 0) is 10.0 Å². The maximum absolute atomic E-state index is 13.0. The minimum absolute atomic E-state index is 0.0390. The summed E-state index contributed by atoms with van der Waals surface area (Å²) < 4.78 is 34.4. The molecule has 0 radical (unpaired) electrons. The average molecular weight is 510 g/mol. The van der Waals surface area contributed by atoms with E-state index < -0.39 is 16.1 Å². The third-order valence-electron chi connectivity index (χ3n) is 4.47. The lowest BCUT2D eigenvalue weighted by molar-refractivity contribution is 0.218. The zero-order valence-electron chi connectivity index (χ0n) is 16.5. The molecule has 32 heavy (non-hydrogen) atoms. The molecule has 1 N–H and O–H groups in total. The summed E-state index contributed by atoms with van der Waals surface area (Å²) in [5.74, 6) is -0.158. The molecular weight excluding hydrogens is 495 g/mol. The Kier molecular flexibility index (Phi) is 6.39. The van der Waals surface area contributed by atoms with E-state index in [2.05, 4.69) is 19.7 Å². The topological polar surface area (TPSA) is 94.1 Å². The number of ether oxygens (including phenoxy) is 1. The highest BCUT2D eigenvalue weighted by Gasteiger charge is 2.23. The number of fused-ring (bicyclic) bond motifs is 1. The zero-order chi connectivity index (χ0) is 22.9. The summed E-state index contributed by atoms with van der Waals surface area (Å²) in [5.41, 5.74) is 1.48. The number of anilines is 1. The van der Waals surface area contributed by atoms with E-state index >= 15 is 0 Å². The van der Waals surface area contributed by atoms with Crippen molar-refractivity contribution in [3.63, 3.8) is 0 Å². The van der Waals surface area contributed by atoms with Crippen LogP contribution in [0.5, 0.6) is 5.88 Å². The standard InChI is InChI=1S/C21H15Cl3N4O3S/c1-12(13-5-4-8-25-11-13)31-21-20(26-17-9-15(23)16(24)10-18(17)27-21)28-32(29,30)19-7-3-2-6-14(19)22/h2-12H,1H3,(H,26,28). The zero-order valence-corrected chi connectivity index (χ0v) is 19.5. The smallest absolute Gasteiger partial charge is 0.264 e. The summed E-state index contributed by atoms with van der Waals surface area (Å²) >= 11 is 18.3. The van der Waals surface area contributed by atoms with Gasteiger partial charge in [0.25, 0.3) is 15.9 Å². The summed E-state index contributed by atoms with van der Waals surface area (Å²) in [6.45, 7) is 1.78. The fraction of sp³-hybridized carbons (Fsp3) is 0.0952. The van der Waals surface area contributed by atoms with Gasteiger partial charge in [0.05, 0.1) is 26.1 Å². The van der Waals surface area contributed by atoms with Gasteiger partial charge in [-0.2, -0.15) is 0 Å². The van der Waals surface area contributed by atoms with Gasteiger partial charge >= 0.3 is 0 Å². The van der Waals surface area contributed by atoms with E-state index in [4.69, 9.17) is 39.5 Å². The molecular formula is C21H15Cl3N4O3S. The van der Waals surface area contributed by atoms with E-state index in [9.17, 15) is 8.42 Å². The second-order valence-corrected chi connectivity index (χ2v) is 9.59. The highest BCUT2D eigenvalue weighted by atomic mass is 35.5. The summed E-state index contributed by atoms with van der Waals surface area (Å²) in [5, 5.41) is 0.602. The second-order valence-electron chi connectivity index (χ2n) is 6.71. The predicted octanol–water partition coefficient (Wildman–Crippen LogP) is 5.93. The van der Waals surface area contributed by atoms with Crippen molar-refractivity contribution in [2.75, 3.05) is 4.72 Å². The Morgan fingerprint density at radius 3 is 2.28 bits per heavy atom. The van der Waals surface area contributed by atoms with Crippen molar-refractivity contribution in [3.05, 3.63) is 81.6 Å². The monoisotopic (exact) mass is 508 g/mol. The summed E-state index contributed by atoms with van der Waals surface area (Å²) in [6.07, 6.45) is 2.78. The number of rotatable bonds is 6. The van der Waals surface area contributed by atoms with Crippen LogP contribution in [0.3, 0.4) is 0 Å². The summed E-state index contributed by atoms with van der Waals surface area (Å²) in [4.78, 5) is 12.8. The van der Waals surface area contributed by atoms with Crippen molar-refractivity contribution in [1.82, 2.24) is 15.0 Å². The Hall–Kier alpha value is -2.65. The van der Waals surface area contributed by atoms with Gasteiger partial charge in [-0.15, -0.1) is 0 Å². The number of nitrogens with zero attached hydrogens (tertiary/aromatic N) is 3. The highest BCUT2D eigenvalue weighted by Crippen LogP contribution is 2.33. The van der Waals surface area contributed by atoms with Gasteiger partial charge in [-0.05, 0) is 37.3 Å². The van der Waals surface area contributed by atoms with E-state index in [1.165, 1.54) is 24.3 Å². The first-order valence-corrected chi connectivity index (χ1v) is 11.9. The van der Waals surface area contributed by atoms with Crippen molar-refractivity contribution in [2.24, 2.45) is 0 Å². The molecule has 0 aliphatic rings. The molecule has 2 aromatic carbocycles. The molecule has 4 aromatic rings. The Balaban J connectivity index is 1.81. The van der Waals surface area contributed by atoms with Crippen LogP contribution in [0.2, 0.25) is 15.1 Å². The molecule has 1 unspecified atom stereocenters. The van der Waals surface area contributed by atoms with Crippen molar-refractivity contribution in [3.8, 4) is 5.88 Å². The lowest BCUT2D eigenvalue weighted by Gasteiger charge is -2.18. The minimum Gasteiger partial charge on any atom is -0.467 e. The van der Waals surface area contributed by atoms with E-state index in [0.717, 1.165) is 5.56 Å². The van der Waals surface area contributed by atoms with Gasteiger partial charge in [-0.25, -0.2) is 18.4 Å².